The van der Waals surface area contributed by atoms with Crippen LogP contribution in [0.2, 0.25) is 5.02 Å². The topological polar surface area (TPSA) is 82.1 Å². The average molecular weight is 617 g/mol. The Bertz CT molecular complexity index is 1410. The minimum Gasteiger partial charge on any atom is -0.492 e. The number of amides is 2. The molecule has 0 bridgehead atoms. The molecule has 1 aliphatic heterocycles. The summed E-state index contributed by atoms with van der Waals surface area (Å²) < 4.78 is 17.4. The molecule has 0 radical (unpaired) electrons. The van der Waals surface area contributed by atoms with E-state index < -0.39 is 11.9 Å². The van der Waals surface area contributed by atoms with E-state index in [0.717, 1.165) is 22.2 Å². The van der Waals surface area contributed by atoms with E-state index in [1.807, 2.05) is 31.2 Å². The zero-order chi connectivity index (χ0) is 27.2. The lowest BCUT2D eigenvalue weighted by molar-refractivity contribution is -0.123. The number of esters is 1. The molecule has 1 aliphatic rings. The van der Waals surface area contributed by atoms with Crippen molar-refractivity contribution >= 4 is 62.5 Å². The molecular weight excluding hydrogens is 594 g/mol. The van der Waals surface area contributed by atoms with Crippen molar-refractivity contribution in [3.05, 3.63) is 91.8 Å². The highest BCUT2D eigenvalue weighted by Crippen LogP contribution is 2.39. The van der Waals surface area contributed by atoms with E-state index in [1.165, 1.54) is 0 Å². The quantitative estimate of drug-likeness (QED) is 0.144. The number of ether oxygens (including phenoxy) is 3. The Morgan fingerprint density at radius 3 is 2.55 bits per heavy atom. The van der Waals surface area contributed by atoms with Crippen LogP contribution in [0.5, 0.6) is 17.2 Å². The second-order valence-corrected chi connectivity index (χ2v) is 10.4. The Hall–Kier alpha value is -3.27. The van der Waals surface area contributed by atoms with Crippen LogP contribution in [0.4, 0.5) is 4.79 Å². The van der Waals surface area contributed by atoms with Crippen LogP contribution in [0.15, 0.2) is 70.0 Å². The number of benzene rings is 3. The van der Waals surface area contributed by atoms with Crippen LogP contribution < -0.4 is 14.2 Å². The first-order chi connectivity index (χ1) is 18.2. The molecule has 0 saturated carbocycles. The molecular formula is C28H23BrClNO6S. The van der Waals surface area contributed by atoms with Crippen molar-refractivity contribution in [1.82, 2.24) is 4.90 Å². The third kappa shape index (κ3) is 6.78. The summed E-state index contributed by atoms with van der Waals surface area (Å²) in [7, 11) is 0. The fourth-order valence-electron chi connectivity index (χ4n) is 3.57. The lowest BCUT2D eigenvalue weighted by Crippen LogP contribution is -2.32. The molecule has 0 atom stereocenters. The van der Waals surface area contributed by atoms with E-state index in [9.17, 15) is 14.4 Å². The number of carbonyl (C=O) groups is 3. The number of hydrogen-bond acceptors (Lipinski definition) is 7. The molecule has 0 N–H and O–H groups in total. The predicted molar refractivity (Wildman–Crippen MR) is 151 cm³/mol. The number of halogens is 2. The molecule has 38 heavy (non-hydrogen) atoms. The summed E-state index contributed by atoms with van der Waals surface area (Å²) >= 11 is 10.2. The number of carbonyl (C=O) groups excluding carboxylic acids is 3. The molecule has 1 heterocycles. The Balaban J connectivity index is 1.49. The van der Waals surface area contributed by atoms with Crippen molar-refractivity contribution in [2.24, 2.45) is 0 Å². The number of imide groups is 1. The summed E-state index contributed by atoms with van der Waals surface area (Å²) in [4.78, 5) is 39.5. The Kier molecular flexibility index (Phi) is 9.14. The van der Waals surface area contributed by atoms with Gasteiger partial charge in [0.2, 0.25) is 0 Å². The van der Waals surface area contributed by atoms with Crippen LogP contribution in [0.3, 0.4) is 0 Å². The third-order valence-corrected chi connectivity index (χ3v) is 7.10. The summed E-state index contributed by atoms with van der Waals surface area (Å²) in [6, 6.07) is 17.2. The monoisotopic (exact) mass is 615 g/mol. The first-order valence-corrected chi connectivity index (χ1v) is 13.6. The van der Waals surface area contributed by atoms with E-state index in [2.05, 4.69) is 15.9 Å². The molecule has 0 aliphatic carbocycles. The molecule has 2 amide bonds. The van der Waals surface area contributed by atoms with E-state index >= 15 is 0 Å². The SMILES string of the molecule is CCOc1cc(/C=C2\SC(=O)N(CCOc3cccc(C)c3)C2=O)cc(Br)c1OC(=O)c1ccc(Cl)cc1. The van der Waals surface area contributed by atoms with E-state index in [1.54, 1.807) is 49.4 Å². The van der Waals surface area contributed by atoms with Crippen LogP contribution in [0, 0.1) is 6.92 Å². The summed E-state index contributed by atoms with van der Waals surface area (Å²) in [5.74, 6) is 0.203. The minimum absolute atomic E-state index is 0.128. The molecule has 3 aromatic rings. The highest BCUT2D eigenvalue weighted by atomic mass is 79.9. The molecule has 3 aromatic carbocycles. The second kappa shape index (κ2) is 12.5. The van der Waals surface area contributed by atoms with Crippen molar-refractivity contribution in [3.63, 3.8) is 0 Å². The van der Waals surface area contributed by atoms with Crippen LogP contribution in [0.25, 0.3) is 6.08 Å². The number of nitrogens with zero attached hydrogens (tertiary/aromatic N) is 1. The van der Waals surface area contributed by atoms with Gasteiger partial charge in [-0.1, -0.05) is 23.7 Å². The minimum atomic E-state index is -0.579. The van der Waals surface area contributed by atoms with E-state index in [0.29, 0.717) is 38.7 Å². The Morgan fingerprint density at radius 2 is 1.84 bits per heavy atom. The fraction of sp³-hybridized carbons (Fsp3) is 0.179. The second-order valence-electron chi connectivity index (χ2n) is 8.16. The largest absolute Gasteiger partial charge is 0.492 e. The first kappa shape index (κ1) is 27.8. The van der Waals surface area contributed by atoms with Gasteiger partial charge in [-0.25, -0.2) is 4.79 Å². The van der Waals surface area contributed by atoms with Crippen molar-refractivity contribution in [2.75, 3.05) is 19.8 Å². The van der Waals surface area contributed by atoms with Gasteiger partial charge in [-0.05, 0) is 107 Å². The van der Waals surface area contributed by atoms with Crippen molar-refractivity contribution in [2.45, 2.75) is 13.8 Å². The first-order valence-electron chi connectivity index (χ1n) is 11.6. The van der Waals surface area contributed by atoms with Crippen molar-refractivity contribution < 1.29 is 28.6 Å². The molecule has 4 rings (SSSR count). The molecule has 196 valence electrons. The Morgan fingerprint density at radius 1 is 1.08 bits per heavy atom. The third-order valence-electron chi connectivity index (χ3n) is 5.35. The maximum absolute atomic E-state index is 12.9. The van der Waals surface area contributed by atoms with Crippen LogP contribution in [-0.4, -0.2) is 41.8 Å². The van der Waals surface area contributed by atoms with Crippen molar-refractivity contribution in [3.8, 4) is 17.2 Å². The maximum Gasteiger partial charge on any atom is 0.343 e. The zero-order valence-corrected chi connectivity index (χ0v) is 23.7. The predicted octanol–water partition coefficient (Wildman–Crippen LogP) is 7.14. The van der Waals surface area contributed by atoms with Crippen LogP contribution in [-0.2, 0) is 4.79 Å². The summed E-state index contributed by atoms with van der Waals surface area (Å²) in [6.07, 6.45) is 1.60. The molecule has 0 spiro atoms. The molecule has 0 aromatic heterocycles. The van der Waals surface area contributed by atoms with Gasteiger partial charge < -0.3 is 14.2 Å². The van der Waals surface area contributed by atoms with Crippen LogP contribution in [0.1, 0.15) is 28.4 Å². The average Bonchev–Trinajstić information content (AvgIpc) is 3.14. The lowest BCUT2D eigenvalue weighted by atomic mass is 10.1. The summed E-state index contributed by atoms with van der Waals surface area (Å²) in [5, 5.41) is 0.136. The van der Waals surface area contributed by atoms with Gasteiger partial charge in [0.05, 0.1) is 28.1 Å². The van der Waals surface area contributed by atoms with E-state index in [-0.39, 0.29) is 29.0 Å². The number of rotatable bonds is 9. The van der Waals surface area contributed by atoms with Gasteiger partial charge in [0.15, 0.2) is 11.5 Å². The summed E-state index contributed by atoms with van der Waals surface area (Å²) in [5.41, 5.74) is 1.97. The summed E-state index contributed by atoms with van der Waals surface area (Å²) in [6.45, 7) is 4.39. The van der Waals surface area contributed by atoms with E-state index in [4.69, 9.17) is 25.8 Å². The number of aryl methyl sites for hydroxylation is 1. The smallest absolute Gasteiger partial charge is 0.343 e. The van der Waals surface area contributed by atoms with Crippen LogP contribution >= 0.6 is 39.3 Å². The standard InChI is InChI=1S/C28H23BrClNO6S/c1-3-35-23-15-18(14-22(29)25(23)37-27(33)19-7-9-20(30)10-8-19)16-24-26(32)31(28(34)38-24)11-12-36-21-6-4-5-17(2)13-21/h4-10,13-16H,3,11-12H2,1-2H3/b24-16-. The highest BCUT2D eigenvalue weighted by molar-refractivity contribution is 9.10. The zero-order valence-electron chi connectivity index (χ0n) is 20.5. The number of thioether (sulfide) groups is 1. The molecule has 7 nitrogen and oxygen atoms in total. The Labute approximate surface area is 237 Å². The number of hydrogen-bond donors (Lipinski definition) is 0. The normalized spacial score (nSPS) is 14.2. The highest BCUT2D eigenvalue weighted by Gasteiger charge is 2.35. The lowest BCUT2D eigenvalue weighted by Gasteiger charge is -2.14. The van der Waals surface area contributed by atoms with Gasteiger partial charge in [0.25, 0.3) is 11.1 Å². The fourth-order valence-corrected chi connectivity index (χ4v) is 5.11. The van der Waals surface area contributed by atoms with Crippen molar-refractivity contribution in [1.29, 1.82) is 0 Å². The molecule has 10 heteroatoms. The van der Waals surface area contributed by atoms with Gasteiger partial charge in [0.1, 0.15) is 12.4 Å². The molecule has 1 saturated heterocycles. The van der Waals surface area contributed by atoms with Gasteiger partial charge in [-0.15, -0.1) is 0 Å². The van der Waals surface area contributed by atoms with Gasteiger partial charge in [-0.3, -0.25) is 14.5 Å². The van der Waals surface area contributed by atoms with Gasteiger partial charge in [-0.2, -0.15) is 0 Å². The maximum atomic E-state index is 12.9. The van der Waals surface area contributed by atoms with Gasteiger partial charge in [0, 0.05) is 5.02 Å². The van der Waals surface area contributed by atoms with Gasteiger partial charge >= 0.3 is 5.97 Å². The molecule has 0 unspecified atom stereocenters. The molecule has 1 fully saturated rings.